The number of para-hydroxylation sites is 1. The van der Waals surface area contributed by atoms with Crippen molar-refractivity contribution >= 4 is 0 Å². The summed E-state index contributed by atoms with van der Waals surface area (Å²) in [6.45, 7) is 5.46. The topological polar surface area (TPSA) is 41.5 Å². The van der Waals surface area contributed by atoms with E-state index in [-0.39, 0.29) is 12.6 Å². The molecule has 1 aromatic rings. The van der Waals surface area contributed by atoms with Crippen molar-refractivity contribution in [3.05, 3.63) is 29.8 Å². The molecule has 0 bridgehead atoms. The van der Waals surface area contributed by atoms with Gasteiger partial charge in [-0.1, -0.05) is 18.2 Å². The lowest BCUT2D eigenvalue weighted by atomic mass is 10.2. The number of ether oxygens (including phenoxy) is 1. The first-order chi connectivity index (χ1) is 7.27. The number of aliphatic hydroxyl groups is 1. The second-order valence-corrected chi connectivity index (χ2v) is 3.51. The van der Waals surface area contributed by atoms with E-state index in [1.165, 1.54) is 0 Å². The van der Waals surface area contributed by atoms with Gasteiger partial charge in [0.1, 0.15) is 5.75 Å². The summed E-state index contributed by atoms with van der Waals surface area (Å²) >= 11 is 0. The number of nitrogens with one attached hydrogen (secondary N) is 1. The molecule has 0 fully saturated rings. The van der Waals surface area contributed by atoms with Gasteiger partial charge in [-0.05, 0) is 19.9 Å². The van der Waals surface area contributed by atoms with Crippen LogP contribution in [0.1, 0.15) is 19.4 Å². The van der Waals surface area contributed by atoms with Crippen LogP contribution in [0.3, 0.4) is 0 Å². The first-order valence-electron chi connectivity index (χ1n) is 5.32. The maximum Gasteiger partial charge on any atom is 0.123 e. The fourth-order valence-corrected chi connectivity index (χ4v) is 1.29. The van der Waals surface area contributed by atoms with Crippen LogP contribution in [0.5, 0.6) is 5.75 Å². The van der Waals surface area contributed by atoms with Gasteiger partial charge in [0.05, 0.1) is 13.2 Å². The summed E-state index contributed by atoms with van der Waals surface area (Å²) in [5, 5.41) is 12.1. The summed E-state index contributed by atoms with van der Waals surface area (Å²) in [6.07, 6.45) is 0. The summed E-state index contributed by atoms with van der Waals surface area (Å²) in [5.41, 5.74) is 1.12. The van der Waals surface area contributed by atoms with Gasteiger partial charge in [-0.25, -0.2) is 0 Å². The van der Waals surface area contributed by atoms with E-state index >= 15 is 0 Å². The Morgan fingerprint density at radius 1 is 1.40 bits per heavy atom. The molecular weight excluding hydrogens is 190 g/mol. The molecule has 84 valence electrons. The van der Waals surface area contributed by atoms with Gasteiger partial charge < -0.3 is 15.2 Å². The Hall–Kier alpha value is -1.06. The number of rotatable bonds is 6. The molecule has 0 saturated carbocycles. The lowest BCUT2D eigenvalue weighted by Gasteiger charge is -2.13. The van der Waals surface area contributed by atoms with Gasteiger partial charge in [0, 0.05) is 18.2 Å². The molecule has 0 aliphatic rings. The summed E-state index contributed by atoms with van der Waals surface area (Å²) < 4.78 is 5.50. The van der Waals surface area contributed by atoms with Crippen LogP contribution >= 0.6 is 0 Å². The summed E-state index contributed by atoms with van der Waals surface area (Å²) in [6, 6.07) is 8.05. The third-order valence-electron chi connectivity index (χ3n) is 2.19. The average Bonchev–Trinajstić information content (AvgIpc) is 2.28. The van der Waals surface area contributed by atoms with Crippen molar-refractivity contribution in [3.8, 4) is 5.75 Å². The fourth-order valence-electron chi connectivity index (χ4n) is 1.29. The average molecular weight is 209 g/mol. The second-order valence-electron chi connectivity index (χ2n) is 3.51. The molecule has 0 aliphatic heterocycles. The van der Waals surface area contributed by atoms with E-state index in [1.807, 2.05) is 38.1 Å². The van der Waals surface area contributed by atoms with Crippen LogP contribution in [-0.4, -0.2) is 24.4 Å². The molecule has 0 amide bonds. The zero-order valence-electron chi connectivity index (χ0n) is 9.36. The van der Waals surface area contributed by atoms with Gasteiger partial charge in [-0.2, -0.15) is 0 Å². The predicted molar refractivity (Wildman–Crippen MR) is 61.0 cm³/mol. The van der Waals surface area contributed by atoms with E-state index < -0.39 is 0 Å². The molecule has 0 saturated heterocycles. The van der Waals surface area contributed by atoms with Crippen LogP contribution in [0, 0.1) is 0 Å². The van der Waals surface area contributed by atoms with Gasteiger partial charge in [0.25, 0.3) is 0 Å². The minimum atomic E-state index is 0.111. The smallest absolute Gasteiger partial charge is 0.123 e. The molecule has 1 atom stereocenters. The standard InChI is InChI=1S/C12H19NO2/c1-3-15-12-7-5-4-6-11(12)8-13-10(2)9-14/h4-7,10,13-14H,3,8-9H2,1-2H3/t10-/m0/s1. The number of benzene rings is 1. The highest BCUT2D eigenvalue weighted by Crippen LogP contribution is 2.17. The number of hydrogen-bond donors (Lipinski definition) is 2. The van der Waals surface area contributed by atoms with E-state index in [9.17, 15) is 0 Å². The summed E-state index contributed by atoms with van der Waals surface area (Å²) in [5.74, 6) is 0.914. The molecule has 3 heteroatoms. The Balaban J connectivity index is 2.58. The van der Waals surface area contributed by atoms with Gasteiger partial charge in [0.15, 0.2) is 0 Å². The molecule has 2 N–H and O–H groups in total. The van der Waals surface area contributed by atoms with E-state index in [0.717, 1.165) is 17.9 Å². The Morgan fingerprint density at radius 2 is 2.13 bits per heavy atom. The minimum Gasteiger partial charge on any atom is -0.494 e. The molecule has 0 heterocycles. The van der Waals surface area contributed by atoms with Crippen LogP contribution in [0.2, 0.25) is 0 Å². The fraction of sp³-hybridized carbons (Fsp3) is 0.500. The third kappa shape index (κ3) is 3.90. The Kier molecular flexibility index (Phi) is 5.15. The van der Waals surface area contributed by atoms with Crippen molar-refractivity contribution in [2.75, 3.05) is 13.2 Å². The third-order valence-corrected chi connectivity index (χ3v) is 2.19. The molecule has 1 aromatic carbocycles. The normalized spacial score (nSPS) is 12.5. The highest BCUT2D eigenvalue weighted by molar-refractivity contribution is 5.33. The highest BCUT2D eigenvalue weighted by Gasteiger charge is 2.03. The first-order valence-corrected chi connectivity index (χ1v) is 5.32. The van der Waals surface area contributed by atoms with Gasteiger partial charge in [0.2, 0.25) is 0 Å². The highest BCUT2D eigenvalue weighted by atomic mass is 16.5. The molecule has 0 aromatic heterocycles. The largest absolute Gasteiger partial charge is 0.494 e. The van der Waals surface area contributed by atoms with Crippen LogP contribution in [-0.2, 0) is 6.54 Å². The first kappa shape index (κ1) is 12.0. The van der Waals surface area contributed by atoms with Crippen molar-refractivity contribution < 1.29 is 9.84 Å². The minimum absolute atomic E-state index is 0.111. The monoisotopic (exact) mass is 209 g/mol. The van der Waals surface area contributed by atoms with Crippen molar-refractivity contribution in [1.82, 2.24) is 5.32 Å². The van der Waals surface area contributed by atoms with Crippen molar-refractivity contribution in [3.63, 3.8) is 0 Å². The van der Waals surface area contributed by atoms with Crippen molar-refractivity contribution in [2.45, 2.75) is 26.4 Å². The van der Waals surface area contributed by atoms with E-state index in [1.54, 1.807) is 0 Å². The summed E-state index contributed by atoms with van der Waals surface area (Å²) in [4.78, 5) is 0. The molecule has 0 unspecified atom stereocenters. The number of hydrogen-bond acceptors (Lipinski definition) is 3. The quantitative estimate of drug-likeness (QED) is 0.747. The molecule has 0 radical (unpaired) electrons. The Labute approximate surface area is 91.1 Å². The lowest BCUT2D eigenvalue weighted by Crippen LogP contribution is -2.28. The maximum atomic E-state index is 8.89. The molecule has 1 rings (SSSR count). The van der Waals surface area contributed by atoms with Crippen LogP contribution in [0.4, 0.5) is 0 Å². The van der Waals surface area contributed by atoms with Crippen LogP contribution in [0.25, 0.3) is 0 Å². The number of aliphatic hydroxyl groups excluding tert-OH is 1. The lowest BCUT2D eigenvalue weighted by molar-refractivity contribution is 0.250. The molecular formula is C12H19NO2. The van der Waals surface area contributed by atoms with E-state index in [0.29, 0.717) is 6.61 Å². The maximum absolute atomic E-state index is 8.89. The van der Waals surface area contributed by atoms with Crippen LogP contribution in [0.15, 0.2) is 24.3 Å². The molecule has 15 heavy (non-hydrogen) atoms. The summed E-state index contributed by atoms with van der Waals surface area (Å²) in [7, 11) is 0. The SMILES string of the molecule is CCOc1ccccc1CN[C@@H](C)CO. The van der Waals surface area contributed by atoms with Gasteiger partial charge in [-0.3, -0.25) is 0 Å². The van der Waals surface area contributed by atoms with E-state index in [4.69, 9.17) is 9.84 Å². The molecule has 0 spiro atoms. The van der Waals surface area contributed by atoms with E-state index in [2.05, 4.69) is 5.32 Å². The second kappa shape index (κ2) is 6.43. The van der Waals surface area contributed by atoms with Gasteiger partial charge in [-0.15, -0.1) is 0 Å². The molecule has 0 aliphatic carbocycles. The predicted octanol–water partition coefficient (Wildman–Crippen LogP) is 1.56. The Morgan fingerprint density at radius 3 is 2.80 bits per heavy atom. The Bertz CT molecular complexity index is 289. The van der Waals surface area contributed by atoms with Crippen molar-refractivity contribution in [2.24, 2.45) is 0 Å². The van der Waals surface area contributed by atoms with Crippen LogP contribution < -0.4 is 10.1 Å². The zero-order chi connectivity index (χ0) is 11.1. The zero-order valence-corrected chi connectivity index (χ0v) is 9.36. The van der Waals surface area contributed by atoms with Crippen molar-refractivity contribution in [1.29, 1.82) is 0 Å². The molecule has 3 nitrogen and oxygen atoms in total. The van der Waals surface area contributed by atoms with Gasteiger partial charge >= 0.3 is 0 Å².